The van der Waals surface area contributed by atoms with Crippen molar-refractivity contribution in [3.05, 3.63) is 34.0 Å². The molecule has 0 fully saturated rings. The predicted octanol–water partition coefficient (Wildman–Crippen LogP) is 3.02. The van der Waals surface area contributed by atoms with Crippen molar-refractivity contribution in [2.24, 2.45) is 5.73 Å². The molecule has 0 bridgehead atoms. The van der Waals surface area contributed by atoms with Crippen molar-refractivity contribution in [1.82, 2.24) is 0 Å². The lowest BCUT2D eigenvalue weighted by atomic mass is 10.2. The maximum atomic E-state index is 7.20. The molecule has 72 valence electrons. The third-order valence-corrected chi connectivity index (χ3v) is 2.30. The molecule has 0 saturated carbocycles. The van der Waals surface area contributed by atoms with Gasteiger partial charge in [0.2, 0.25) is 0 Å². The summed E-state index contributed by atoms with van der Waals surface area (Å²) in [7, 11) is 0. The Kier molecular flexibility index (Phi) is 2.13. The van der Waals surface area contributed by atoms with Gasteiger partial charge in [-0.2, -0.15) is 0 Å². The minimum atomic E-state index is -0.131. The second kappa shape index (κ2) is 3.19. The van der Waals surface area contributed by atoms with Crippen LogP contribution >= 0.6 is 23.2 Å². The number of amidine groups is 1. The van der Waals surface area contributed by atoms with Crippen LogP contribution in [0.4, 0.5) is 0 Å². The highest BCUT2D eigenvalue weighted by molar-refractivity contribution is 6.38. The highest BCUT2D eigenvalue weighted by atomic mass is 35.5. The average Bonchev–Trinajstić information content (AvgIpc) is 2.47. The van der Waals surface area contributed by atoms with Crippen LogP contribution in [0.25, 0.3) is 11.0 Å². The van der Waals surface area contributed by atoms with E-state index in [0.717, 1.165) is 5.39 Å². The molecular formula is C9H6Cl2N2O. The van der Waals surface area contributed by atoms with E-state index < -0.39 is 0 Å². The summed E-state index contributed by atoms with van der Waals surface area (Å²) >= 11 is 11.7. The molecule has 0 spiro atoms. The Labute approximate surface area is 89.9 Å². The van der Waals surface area contributed by atoms with Gasteiger partial charge in [-0.05, 0) is 18.2 Å². The third-order valence-electron chi connectivity index (χ3n) is 1.80. The average molecular weight is 229 g/mol. The molecule has 14 heavy (non-hydrogen) atoms. The topological polar surface area (TPSA) is 63.0 Å². The van der Waals surface area contributed by atoms with Gasteiger partial charge in [0.05, 0.1) is 5.02 Å². The van der Waals surface area contributed by atoms with E-state index in [-0.39, 0.29) is 5.84 Å². The van der Waals surface area contributed by atoms with Crippen LogP contribution in [0.15, 0.2) is 22.6 Å². The number of nitrogen functional groups attached to an aromatic ring is 1. The lowest BCUT2D eigenvalue weighted by Crippen LogP contribution is -2.09. The van der Waals surface area contributed by atoms with Gasteiger partial charge in [0.25, 0.3) is 0 Å². The summed E-state index contributed by atoms with van der Waals surface area (Å²) in [6.45, 7) is 0. The standard InChI is InChI=1S/C9H6Cl2N2O/c10-5-1-4-2-7(9(12)13)14-8(4)6(11)3-5/h1-3H,(H3,12,13). The Morgan fingerprint density at radius 1 is 1.29 bits per heavy atom. The van der Waals surface area contributed by atoms with Crippen molar-refractivity contribution in [3.63, 3.8) is 0 Å². The Morgan fingerprint density at radius 2 is 2.00 bits per heavy atom. The molecule has 0 atom stereocenters. The molecule has 2 aromatic rings. The van der Waals surface area contributed by atoms with Crippen LogP contribution in [-0.2, 0) is 0 Å². The largest absolute Gasteiger partial charge is 0.451 e. The van der Waals surface area contributed by atoms with E-state index in [2.05, 4.69) is 0 Å². The molecule has 0 aliphatic heterocycles. The van der Waals surface area contributed by atoms with Crippen LogP contribution in [0, 0.1) is 5.41 Å². The zero-order valence-corrected chi connectivity index (χ0v) is 8.49. The van der Waals surface area contributed by atoms with Crippen LogP contribution in [0.3, 0.4) is 0 Å². The molecule has 5 heteroatoms. The molecule has 0 radical (unpaired) electrons. The summed E-state index contributed by atoms with van der Waals surface area (Å²) in [5, 5.41) is 8.89. The van der Waals surface area contributed by atoms with Crippen LogP contribution in [0.2, 0.25) is 10.0 Å². The molecule has 0 unspecified atom stereocenters. The summed E-state index contributed by atoms with van der Waals surface area (Å²) in [6.07, 6.45) is 0. The molecule has 3 N–H and O–H groups in total. The maximum Gasteiger partial charge on any atom is 0.169 e. The number of rotatable bonds is 1. The van der Waals surface area contributed by atoms with Gasteiger partial charge in [-0.25, -0.2) is 0 Å². The highest BCUT2D eigenvalue weighted by Crippen LogP contribution is 2.30. The maximum absolute atomic E-state index is 7.20. The number of benzene rings is 1. The molecule has 0 saturated heterocycles. The van der Waals surface area contributed by atoms with E-state index in [1.54, 1.807) is 18.2 Å². The van der Waals surface area contributed by atoms with Gasteiger partial charge in [-0.1, -0.05) is 23.2 Å². The third kappa shape index (κ3) is 1.45. The monoisotopic (exact) mass is 228 g/mol. The lowest BCUT2D eigenvalue weighted by Gasteiger charge is -1.93. The number of fused-ring (bicyclic) bond motifs is 1. The molecule has 1 heterocycles. The van der Waals surface area contributed by atoms with Gasteiger partial charge in [-0.15, -0.1) is 0 Å². The summed E-state index contributed by atoms with van der Waals surface area (Å²) in [5.41, 5.74) is 5.78. The quantitative estimate of drug-likeness (QED) is 0.583. The Morgan fingerprint density at radius 3 is 2.64 bits per heavy atom. The minimum absolute atomic E-state index is 0.131. The first-order valence-corrected chi connectivity index (χ1v) is 4.56. The highest BCUT2D eigenvalue weighted by Gasteiger charge is 2.09. The van der Waals surface area contributed by atoms with E-state index >= 15 is 0 Å². The Balaban J connectivity index is 2.76. The number of hydrogen-bond acceptors (Lipinski definition) is 2. The van der Waals surface area contributed by atoms with Crippen LogP contribution < -0.4 is 5.73 Å². The summed E-state index contributed by atoms with van der Waals surface area (Å²) < 4.78 is 5.28. The van der Waals surface area contributed by atoms with Crippen molar-refractivity contribution >= 4 is 40.0 Å². The Bertz CT molecular complexity index is 519. The van der Waals surface area contributed by atoms with Gasteiger partial charge < -0.3 is 10.2 Å². The number of nitrogens with two attached hydrogens (primary N) is 1. The number of nitrogens with one attached hydrogen (secondary N) is 1. The van der Waals surface area contributed by atoms with Gasteiger partial charge in [0.15, 0.2) is 17.2 Å². The minimum Gasteiger partial charge on any atom is -0.451 e. The lowest BCUT2D eigenvalue weighted by molar-refractivity contribution is 0.603. The zero-order valence-electron chi connectivity index (χ0n) is 6.97. The molecule has 1 aromatic heterocycles. The summed E-state index contributed by atoms with van der Waals surface area (Å²) in [5.74, 6) is 0.164. The zero-order chi connectivity index (χ0) is 10.3. The van der Waals surface area contributed by atoms with Crippen LogP contribution in [0.1, 0.15) is 5.76 Å². The SMILES string of the molecule is N=C(N)c1cc2cc(Cl)cc(Cl)c2o1. The van der Waals surface area contributed by atoms with E-state index in [1.807, 2.05) is 0 Å². The van der Waals surface area contributed by atoms with Gasteiger partial charge in [0.1, 0.15) is 0 Å². The molecule has 0 aliphatic rings. The fourth-order valence-corrected chi connectivity index (χ4v) is 1.76. The van der Waals surface area contributed by atoms with Crippen molar-refractivity contribution in [1.29, 1.82) is 5.41 Å². The second-order valence-electron chi connectivity index (χ2n) is 2.83. The number of halogens is 2. The summed E-state index contributed by atoms with van der Waals surface area (Å²) in [4.78, 5) is 0. The second-order valence-corrected chi connectivity index (χ2v) is 3.67. The van der Waals surface area contributed by atoms with Crippen LogP contribution in [0.5, 0.6) is 0 Å². The molecular weight excluding hydrogens is 223 g/mol. The van der Waals surface area contributed by atoms with E-state index in [4.69, 9.17) is 38.8 Å². The van der Waals surface area contributed by atoms with E-state index in [0.29, 0.717) is 21.4 Å². The Hall–Kier alpha value is -1.19. The van der Waals surface area contributed by atoms with Crippen LogP contribution in [-0.4, -0.2) is 5.84 Å². The molecule has 3 nitrogen and oxygen atoms in total. The van der Waals surface area contributed by atoms with Crippen molar-refractivity contribution in [2.45, 2.75) is 0 Å². The predicted molar refractivity (Wildman–Crippen MR) is 57.3 cm³/mol. The van der Waals surface area contributed by atoms with Gasteiger partial charge in [-0.3, -0.25) is 5.41 Å². The fourth-order valence-electron chi connectivity index (χ4n) is 1.21. The molecule has 1 aromatic carbocycles. The summed E-state index contributed by atoms with van der Waals surface area (Å²) in [6, 6.07) is 4.92. The first kappa shape index (κ1) is 9.37. The van der Waals surface area contributed by atoms with Gasteiger partial charge >= 0.3 is 0 Å². The van der Waals surface area contributed by atoms with Gasteiger partial charge in [0, 0.05) is 10.4 Å². The first-order chi connectivity index (χ1) is 6.58. The fraction of sp³-hybridized carbons (Fsp3) is 0. The normalized spacial score (nSPS) is 10.7. The molecule has 0 amide bonds. The number of furan rings is 1. The molecule has 2 rings (SSSR count). The van der Waals surface area contributed by atoms with Crippen molar-refractivity contribution in [2.75, 3.05) is 0 Å². The van der Waals surface area contributed by atoms with E-state index in [9.17, 15) is 0 Å². The first-order valence-electron chi connectivity index (χ1n) is 3.81. The van der Waals surface area contributed by atoms with Crippen molar-refractivity contribution in [3.8, 4) is 0 Å². The van der Waals surface area contributed by atoms with E-state index in [1.165, 1.54) is 0 Å². The van der Waals surface area contributed by atoms with Crippen molar-refractivity contribution < 1.29 is 4.42 Å². The molecule has 0 aliphatic carbocycles. The smallest absolute Gasteiger partial charge is 0.169 e. The number of hydrogen-bond donors (Lipinski definition) is 2.